The van der Waals surface area contributed by atoms with Crippen LogP contribution in [0.4, 0.5) is 0 Å². The summed E-state index contributed by atoms with van der Waals surface area (Å²) >= 11 is 0. The molecule has 2 aromatic rings. The number of primary amides is 1. The van der Waals surface area contributed by atoms with Gasteiger partial charge in [-0.05, 0) is 81.4 Å². The van der Waals surface area contributed by atoms with Crippen LogP contribution in [0.25, 0.3) is 0 Å². The topological polar surface area (TPSA) is 527 Å². The van der Waals surface area contributed by atoms with Gasteiger partial charge in [0.25, 0.3) is 0 Å². The average Bonchev–Trinajstić information content (AvgIpc) is 2.10. The maximum atomic E-state index is 14.5. The molecule has 2 fully saturated rings. The van der Waals surface area contributed by atoms with Crippen molar-refractivity contribution in [2.24, 2.45) is 23.3 Å². The van der Waals surface area contributed by atoms with E-state index in [1.54, 1.807) is 13.8 Å². The summed E-state index contributed by atoms with van der Waals surface area (Å²) in [5.74, 6) is -14.2. The molecule has 492 valence electrons. The standard InChI is InChI=1S/C56H84N14O19/c1-27(2)18-33(57)46(78)62-35(20-30-10-12-32(74)13-11-30)49(81)68-45(29(5)73)53(85)67-40(25-72)55(87)70-17-7-9-42(70)52(84)66-39(24-71)50(82)64-37(21-31-23-59-26-60-31)54(86)69-16-6-8-41(69)51(83)61-34(14-15-44(76)77)47(79)63-36(22-43(58)75)48(80)65-38(56(88)89)19-28(3)4/h10-13,23,26-29,33-42,45,71-74H,6-9,14-22,24-25,57H2,1-5H3,(H2,58,75)(H,59,60)(H,61,83)(H,62,78)(H,63,79)(H,64,82)(H,65,80)(H,66,84)(H,67,85)(H,68,81)(H,76,77)(H,88,89)/t29-,33+,34+,35+,36+,37+,38+,39+,40+,41+,42+,45+/m1/s1. The van der Waals surface area contributed by atoms with Gasteiger partial charge < -0.3 is 99.4 Å². The summed E-state index contributed by atoms with van der Waals surface area (Å²) in [5, 5.41) is 79.7. The number of rotatable bonds is 35. The van der Waals surface area contributed by atoms with Gasteiger partial charge in [-0.15, -0.1) is 0 Å². The van der Waals surface area contributed by atoms with Crippen molar-refractivity contribution in [3.63, 3.8) is 0 Å². The lowest BCUT2D eigenvalue weighted by molar-refractivity contribution is -0.144. The molecule has 89 heavy (non-hydrogen) atoms. The zero-order chi connectivity index (χ0) is 66.4. The van der Waals surface area contributed by atoms with Gasteiger partial charge >= 0.3 is 11.9 Å². The fourth-order valence-electron chi connectivity index (χ4n) is 10.1. The Balaban J connectivity index is 1.48. The number of imidazole rings is 1. The fourth-order valence-corrected chi connectivity index (χ4v) is 10.1. The van der Waals surface area contributed by atoms with E-state index in [-0.39, 0.29) is 82.0 Å². The number of amides is 11. The summed E-state index contributed by atoms with van der Waals surface area (Å²) in [7, 11) is 0. The van der Waals surface area contributed by atoms with Crippen LogP contribution in [0.5, 0.6) is 5.75 Å². The first-order chi connectivity index (χ1) is 41.9. The molecule has 0 saturated carbocycles. The van der Waals surface area contributed by atoms with Gasteiger partial charge in [-0.1, -0.05) is 39.8 Å². The molecule has 0 spiro atoms. The second kappa shape index (κ2) is 34.7. The van der Waals surface area contributed by atoms with E-state index in [2.05, 4.69) is 52.5 Å². The van der Waals surface area contributed by atoms with Crippen molar-refractivity contribution in [2.45, 2.75) is 178 Å². The molecule has 11 amide bonds. The number of aromatic hydroxyl groups is 1. The molecule has 0 radical (unpaired) electrons. The summed E-state index contributed by atoms with van der Waals surface area (Å²) in [5.41, 5.74) is 12.2. The summed E-state index contributed by atoms with van der Waals surface area (Å²) in [6, 6.07) is -11.3. The molecule has 0 aliphatic carbocycles. The molecule has 33 heteroatoms. The number of aromatic nitrogens is 2. The van der Waals surface area contributed by atoms with E-state index < -0.39 is 182 Å². The Kier molecular flexibility index (Phi) is 28.3. The lowest BCUT2D eigenvalue weighted by Crippen LogP contribution is -2.62. The number of nitrogens with zero attached hydrogens (tertiary/aromatic N) is 3. The van der Waals surface area contributed by atoms with Crippen LogP contribution in [0.2, 0.25) is 0 Å². The van der Waals surface area contributed by atoms with E-state index in [4.69, 9.17) is 11.5 Å². The average molecular weight is 1260 g/mol. The van der Waals surface area contributed by atoms with Crippen molar-refractivity contribution in [1.82, 2.24) is 62.3 Å². The SMILES string of the molecule is CC(C)C[C@H](NC(=O)[C@H](CC(N)=O)NC(=O)[C@H](CCC(=O)O)NC(=O)[C@@H]1CCCN1C(=O)[C@H](Cc1cnc[nH]1)NC(=O)[C@H](CO)NC(=O)[C@@H]1CCCN1C(=O)[C@H](CO)NC(=O)[C@@H](NC(=O)[C@H](Cc1ccc(O)cc1)NC(=O)[C@@H](N)CC(C)C)[C@@H](C)O)C(=O)O. The number of aliphatic hydroxyl groups is 3. The summed E-state index contributed by atoms with van der Waals surface area (Å²) < 4.78 is 0. The van der Waals surface area contributed by atoms with Crippen LogP contribution in [-0.2, 0) is 75.2 Å². The van der Waals surface area contributed by atoms with Gasteiger partial charge in [0.1, 0.15) is 66.2 Å². The molecule has 0 bridgehead atoms. The Labute approximate surface area is 512 Å². The number of nitrogens with one attached hydrogen (secondary N) is 9. The van der Waals surface area contributed by atoms with E-state index in [1.165, 1.54) is 36.8 Å². The number of aliphatic hydroxyl groups excluding tert-OH is 3. The Morgan fingerprint density at radius 1 is 0.607 bits per heavy atom. The van der Waals surface area contributed by atoms with Gasteiger partial charge in [-0.25, -0.2) is 9.78 Å². The van der Waals surface area contributed by atoms with Gasteiger partial charge in [0.15, 0.2) is 0 Å². The van der Waals surface area contributed by atoms with Crippen LogP contribution in [0, 0.1) is 11.8 Å². The maximum absolute atomic E-state index is 14.5. The number of carboxylic acid groups (broad SMARTS) is 2. The molecule has 2 saturated heterocycles. The monoisotopic (exact) mass is 1260 g/mol. The van der Waals surface area contributed by atoms with Gasteiger partial charge in [-0.2, -0.15) is 0 Å². The van der Waals surface area contributed by atoms with Crippen LogP contribution < -0.4 is 54.0 Å². The van der Waals surface area contributed by atoms with Gasteiger partial charge in [0.2, 0.25) is 65.0 Å². The van der Waals surface area contributed by atoms with Crippen molar-refractivity contribution in [2.75, 3.05) is 26.3 Å². The Morgan fingerprint density at radius 2 is 1.10 bits per heavy atom. The first-order valence-corrected chi connectivity index (χ1v) is 29.1. The van der Waals surface area contributed by atoms with E-state index in [0.717, 1.165) is 16.7 Å². The normalized spacial score (nSPS) is 18.1. The molecule has 2 aliphatic rings. The molecule has 19 N–H and O–H groups in total. The highest BCUT2D eigenvalue weighted by Gasteiger charge is 2.43. The molecule has 2 aliphatic heterocycles. The van der Waals surface area contributed by atoms with Crippen molar-refractivity contribution in [3.8, 4) is 5.75 Å². The van der Waals surface area contributed by atoms with Gasteiger partial charge in [0, 0.05) is 44.2 Å². The van der Waals surface area contributed by atoms with Crippen LogP contribution in [0.3, 0.4) is 0 Å². The molecule has 33 nitrogen and oxygen atoms in total. The highest BCUT2D eigenvalue weighted by molar-refractivity contribution is 6.00. The number of carbonyl (C=O) groups excluding carboxylic acids is 11. The van der Waals surface area contributed by atoms with Gasteiger partial charge in [-0.3, -0.25) is 57.5 Å². The smallest absolute Gasteiger partial charge is 0.326 e. The molecule has 1 aromatic heterocycles. The number of nitrogens with two attached hydrogens (primary N) is 2. The number of likely N-dealkylation sites (tertiary alicyclic amines) is 2. The maximum Gasteiger partial charge on any atom is 0.326 e. The molecule has 1 aromatic carbocycles. The molecule has 4 rings (SSSR count). The number of benzene rings is 1. The first-order valence-electron chi connectivity index (χ1n) is 29.1. The quantitative estimate of drug-likeness (QED) is 0.0306. The number of carbonyl (C=O) groups is 13. The third-order valence-corrected chi connectivity index (χ3v) is 14.7. The lowest BCUT2D eigenvalue weighted by Gasteiger charge is -2.31. The van der Waals surface area contributed by atoms with E-state index >= 15 is 0 Å². The molecule has 3 heterocycles. The van der Waals surface area contributed by atoms with Crippen LogP contribution in [0.1, 0.15) is 104 Å². The number of aliphatic carboxylic acids is 2. The van der Waals surface area contributed by atoms with Crippen molar-refractivity contribution >= 4 is 76.9 Å². The number of phenols is 1. The second-order valence-electron chi connectivity index (χ2n) is 22.9. The number of phenolic OH excluding ortho intramolecular Hbond substituents is 1. The van der Waals surface area contributed by atoms with Crippen LogP contribution in [-0.4, -0.2) is 226 Å². The zero-order valence-corrected chi connectivity index (χ0v) is 50.1. The fraction of sp³-hybridized carbons (Fsp3) is 0.607. The number of H-pyrrole nitrogens is 1. The summed E-state index contributed by atoms with van der Waals surface area (Å²) in [6.45, 7) is 5.90. The van der Waals surface area contributed by atoms with Crippen molar-refractivity contribution < 1.29 is 93.0 Å². The van der Waals surface area contributed by atoms with Crippen molar-refractivity contribution in [3.05, 3.63) is 48.0 Å². The van der Waals surface area contributed by atoms with Crippen molar-refractivity contribution in [1.29, 1.82) is 0 Å². The minimum atomic E-state index is -1.80. The number of hydrogen-bond donors (Lipinski definition) is 17. The first kappa shape index (κ1) is 72.7. The highest BCUT2D eigenvalue weighted by atomic mass is 16.4. The predicted molar refractivity (Wildman–Crippen MR) is 310 cm³/mol. The van der Waals surface area contributed by atoms with E-state index in [1.807, 2.05) is 13.8 Å². The lowest BCUT2D eigenvalue weighted by atomic mass is 10.0. The molecule has 12 atom stereocenters. The largest absolute Gasteiger partial charge is 0.508 e. The van der Waals surface area contributed by atoms with Gasteiger partial charge in [0.05, 0.1) is 38.1 Å². The third kappa shape index (κ3) is 22.4. The molecule has 0 unspecified atom stereocenters. The number of aromatic amines is 1. The Bertz CT molecular complexity index is 2820. The van der Waals surface area contributed by atoms with E-state index in [9.17, 15) is 93.0 Å². The predicted octanol–water partition coefficient (Wildman–Crippen LogP) is -5.63. The third-order valence-electron chi connectivity index (χ3n) is 14.7. The Hall–Kier alpha value is -8.82. The summed E-state index contributed by atoms with van der Waals surface area (Å²) in [4.78, 5) is 183. The number of hydrogen-bond acceptors (Lipinski definition) is 19. The minimum absolute atomic E-state index is 0.0131. The minimum Gasteiger partial charge on any atom is -0.508 e. The molecular formula is C56H84N14O19. The molecular weight excluding hydrogens is 1170 g/mol. The zero-order valence-electron chi connectivity index (χ0n) is 50.1. The second-order valence-corrected chi connectivity index (χ2v) is 22.9. The Morgan fingerprint density at radius 3 is 1.61 bits per heavy atom. The van der Waals surface area contributed by atoms with Crippen LogP contribution >= 0.6 is 0 Å². The van der Waals surface area contributed by atoms with E-state index in [0.29, 0.717) is 11.3 Å². The summed E-state index contributed by atoms with van der Waals surface area (Å²) in [6.07, 6.45) is -0.989. The van der Waals surface area contributed by atoms with Crippen LogP contribution in [0.15, 0.2) is 36.8 Å². The highest BCUT2D eigenvalue weighted by Crippen LogP contribution is 2.22. The number of carboxylic acids is 2.